The number of aryl methyl sites for hydroxylation is 2. The number of aliphatic hydroxyl groups excluding tert-OH is 2. The first-order valence-electron chi connectivity index (χ1n) is 6.04. The van der Waals surface area contributed by atoms with Crippen molar-refractivity contribution in [2.45, 2.75) is 45.6 Å². The molecule has 18 heavy (non-hydrogen) atoms. The molecule has 0 aliphatic carbocycles. The Balaban J connectivity index is 2.11. The number of hydrogen-bond donors (Lipinski definition) is 3. The molecule has 1 aromatic rings. The van der Waals surface area contributed by atoms with E-state index >= 15 is 0 Å². The van der Waals surface area contributed by atoms with Gasteiger partial charge in [0.25, 0.3) is 0 Å². The Hall–Kier alpha value is -1.24. The van der Waals surface area contributed by atoms with E-state index in [1.165, 1.54) is 0 Å². The molecule has 1 aromatic heterocycles. The van der Waals surface area contributed by atoms with Gasteiger partial charge in [0.1, 0.15) is 24.0 Å². The van der Waals surface area contributed by atoms with Crippen LogP contribution < -0.4 is 5.32 Å². The molecule has 100 valence electrons. The van der Waals surface area contributed by atoms with Crippen molar-refractivity contribution in [1.29, 1.82) is 0 Å². The molecule has 1 aliphatic rings. The van der Waals surface area contributed by atoms with Gasteiger partial charge in [-0.1, -0.05) is 0 Å². The van der Waals surface area contributed by atoms with Crippen LogP contribution in [-0.4, -0.2) is 45.2 Å². The maximum Gasteiger partial charge on any atom is 0.134 e. The highest BCUT2D eigenvalue weighted by molar-refractivity contribution is 5.45. The number of nitrogens with zero attached hydrogens (tertiary/aromatic N) is 2. The maximum atomic E-state index is 9.66. The van der Waals surface area contributed by atoms with Gasteiger partial charge in [-0.3, -0.25) is 0 Å². The van der Waals surface area contributed by atoms with Gasteiger partial charge < -0.3 is 20.3 Å². The van der Waals surface area contributed by atoms with E-state index in [4.69, 9.17) is 9.84 Å². The third-order valence-electron chi connectivity index (χ3n) is 3.20. The van der Waals surface area contributed by atoms with Crippen molar-refractivity contribution >= 4 is 5.82 Å². The number of nitrogens with one attached hydrogen (secondary N) is 1. The number of hydrogen-bond acceptors (Lipinski definition) is 6. The van der Waals surface area contributed by atoms with Crippen molar-refractivity contribution in [3.05, 3.63) is 17.1 Å². The van der Waals surface area contributed by atoms with Crippen LogP contribution in [0.25, 0.3) is 0 Å². The van der Waals surface area contributed by atoms with Crippen LogP contribution in [0.5, 0.6) is 0 Å². The molecule has 0 unspecified atom stereocenters. The van der Waals surface area contributed by atoms with Crippen molar-refractivity contribution in [1.82, 2.24) is 9.97 Å². The second-order valence-corrected chi connectivity index (χ2v) is 4.62. The van der Waals surface area contributed by atoms with E-state index in [1.54, 1.807) is 0 Å². The minimum atomic E-state index is -0.642. The summed E-state index contributed by atoms with van der Waals surface area (Å²) in [7, 11) is 0. The molecule has 0 amide bonds. The predicted octanol–water partition coefficient (Wildman–Crippen LogP) is 0.282. The highest BCUT2D eigenvalue weighted by Crippen LogP contribution is 2.23. The second kappa shape index (κ2) is 5.17. The van der Waals surface area contributed by atoms with E-state index in [-0.39, 0.29) is 12.8 Å². The van der Waals surface area contributed by atoms with Crippen molar-refractivity contribution in [2.75, 3.05) is 11.9 Å². The van der Waals surface area contributed by atoms with Gasteiger partial charge in [0.15, 0.2) is 0 Å². The minimum Gasteiger partial charge on any atom is -0.394 e. The van der Waals surface area contributed by atoms with Crippen LogP contribution in [0.2, 0.25) is 0 Å². The van der Waals surface area contributed by atoms with Crippen molar-refractivity contribution in [2.24, 2.45) is 0 Å². The van der Waals surface area contributed by atoms with Crippen LogP contribution in [0.4, 0.5) is 5.82 Å². The largest absolute Gasteiger partial charge is 0.394 e. The van der Waals surface area contributed by atoms with Gasteiger partial charge in [-0.15, -0.1) is 0 Å². The van der Waals surface area contributed by atoms with Gasteiger partial charge in [0.05, 0.1) is 12.7 Å². The molecule has 0 spiro atoms. The number of ether oxygens (including phenoxy) is 1. The lowest BCUT2D eigenvalue weighted by atomic mass is 10.2. The van der Waals surface area contributed by atoms with Crippen LogP contribution in [0.3, 0.4) is 0 Å². The number of anilines is 1. The molecule has 0 radical (unpaired) electrons. The average Bonchev–Trinajstić information content (AvgIpc) is 2.65. The Bertz CT molecular complexity index is 439. The van der Waals surface area contributed by atoms with Crippen LogP contribution >= 0.6 is 0 Å². The molecule has 3 N–H and O–H groups in total. The van der Waals surface area contributed by atoms with E-state index in [1.807, 2.05) is 20.8 Å². The summed E-state index contributed by atoms with van der Waals surface area (Å²) in [6.07, 6.45) is -1.06. The highest BCUT2D eigenvalue weighted by Gasteiger charge is 2.33. The predicted molar refractivity (Wildman–Crippen MR) is 66.2 cm³/mol. The molecular formula is C12H19N3O3. The summed E-state index contributed by atoms with van der Waals surface area (Å²) >= 11 is 0. The summed E-state index contributed by atoms with van der Waals surface area (Å²) < 4.78 is 5.49. The molecule has 6 nitrogen and oxygen atoms in total. The SMILES string of the molecule is Cc1nc(C)c(C)c(N[C@H]2C[C@H](O)[C@@H](CO)O2)n1. The summed E-state index contributed by atoms with van der Waals surface area (Å²) in [5.74, 6) is 1.41. The smallest absolute Gasteiger partial charge is 0.134 e. The Morgan fingerprint density at radius 1 is 1.33 bits per heavy atom. The molecule has 0 aromatic carbocycles. The summed E-state index contributed by atoms with van der Waals surface area (Å²) in [6, 6.07) is 0. The quantitative estimate of drug-likeness (QED) is 0.717. The van der Waals surface area contributed by atoms with Crippen LogP contribution in [0.1, 0.15) is 23.5 Å². The monoisotopic (exact) mass is 253 g/mol. The maximum absolute atomic E-state index is 9.66. The standard InChI is InChI=1S/C12H19N3O3/c1-6-7(2)13-8(3)14-12(6)15-11-4-9(17)10(5-16)18-11/h9-11,16-17H,4-5H2,1-3H3,(H,13,14,15)/t9-,10+,11+/m0/s1. The summed E-state index contributed by atoms with van der Waals surface area (Å²) in [6.45, 7) is 5.51. The number of aromatic nitrogens is 2. The fourth-order valence-electron chi connectivity index (χ4n) is 2.05. The van der Waals surface area contributed by atoms with Crippen LogP contribution in [-0.2, 0) is 4.74 Å². The summed E-state index contributed by atoms with van der Waals surface area (Å²) in [4.78, 5) is 8.60. The van der Waals surface area contributed by atoms with Gasteiger partial charge in [0, 0.05) is 17.7 Å². The Morgan fingerprint density at radius 3 is 2.67 bits per heavy atom. The average molecular weight is 253 g/mol. The van der Waals surface area contributed by atoms with E-state index in [9.17, 15) is 5.11 Å². The van der Waals surface area contributed by atoms with Crippen LogP contribution in [0, 0.1) is 20.8 Å². The summed E-state index contributed by atoms with van der Waals surface area (Å²) in [5, 5.41) is 21.8. The fourth-order valence-corrected chi connectivity index (χ4v) is 2.05. The first kappa shape index (κ1) is 13.2. The number of rotatable bonds is 3. The van der Waals surface area contributed by atoms with Crippen molar-refractivity contribution in [3.8, 4) is 0 Å². The molecule has 6 heteroatoms. The van der Waals surface area contributed by atoms with Gasteiger partial charge in [-0.05, 0) is 20.8 Å². The first-order valence-corrected chi connectivity index (χ1v) is 6.04. The lowest BCUT2D eigenvalue weighted by Crippen LogP contribution is -2.25. The van der Waals surface area contributed by atoms with Gasteiger partial charge in [-0.2, -0.15) is 0 Å². The summed E-state index contributed by atoms with van der Waals surface area (Å²) in [5.41, 5.74) is 1.88. The third kappa shape index (κ3) is 2.60. The van der Waals surface area contributed by atoms with E-state index in [2.05, 4.69) is 15.3 Å². The Labute approximate surface area is 106 Å². The zero-order valence-corrected chi connectivity index (χ0v) is 10.8. The molecule has 1 aliphatic heterocycles. The molecular weight excluding hydrogens is 234 g/mol. The molecule has 0 saturated carbocycles. The van der Waals surface area contributed by atoms with Gasteiger partial charge in [0.2, 0.25) is 0 Å². The lowest BCUT2D eigenvalue weighted by molar-refractivity contribution is -0.0150. The Kier molecular flexibility index (Phi) is 3.79. The van der Waals surface area contributed by atoms with E-state index < -0.39 is 12.2 Å². The van der Waals surface area contributed by atoms with E-state index in [0.29, 0.717) is 12.2 Å². The molecule has 2 rings (SSSR count). The topological polar surface area (TPSA) is 87.5 Å². The van der Waals surface area contributed by atoms with Crippen molar-refractivity contribution in [3.63, 3.8) is 0 Å². The minimum absolute atomic E-state index is 0.180. The second-order valence-electron chi connectivity index (χ2n) is 4.62. The Morgan fingerprint density at radius 2 is 2.06 bits per heavy atom. The molecule has 1 saturated heterocycles. The third-order valence-corrected chi connectivity index (χ3v) is 3.20. The normalized spacial score (nSPS) is 27.5. The van der Waals surface area contributed by atoms with Gasteiger partial charge >= 0.3 is 0 Å². The zero-order chi connectivity index (χ0) is 13.3. The zero-order valence-electron chi connectivity index (χ0n) is 10.8. The molecule has 1 fully saturated rings. The number of aliphatic hydroxyl groups is 2. The molecule has 3 atom stereocenters. The fraction of sp³-hybridized carbons (Fsp3) is 0.667. The van der Waals surface area contributed by atoms with Crippen LogP contribution in [0.15, 0.2) is 0 Å². The highest BCUT2D eigenvalue weighted by atomic mass is 16.5. The van der Waals surface area contributed by atoms with Crippen molar-refractivity contribution < 1.29 is 14.9 Å². The van der Waals surface area contributed by atoms with Gasteiger partial charge in [-0.25, -0.2) is 9.97 Å². The molecule has 2 heterocycles. The molecule has 0 bridgehead atoms. The van der Waals surface area contributed by atoms with E-state index in [0.717, 1.165) is 17.1 Å². The first-order chi connectivity index (χ1) is 8.51. The lowest BCUT2D eigenvalue weighted by Gasteiger charge is -2.16.